The fourth-order valence-corrected chi connectivity index (χ4v) is 4.82. The summed E-state index contributed by atoms with van der Waals surface area (Å²) < 4.78 is 35.6. The van der Waals surface area contributed by atoms with Gasteiger partial charge in [0.05, 0.1) is 11.7 Å². The Labute approximate surface area is 228 Å². The average Bonchev–Trinajstić information content (AvgIpc) is 3.37. The topological polar surface area (TPSA) is 136 Å². The van der Waals surface area contributed by atoms with Crippen molar-refractivity contribution in [3.05, 3.63) is 71.2 Å². The zero-order chi connectivity index (χ0) is 27.4. The highest BCUT2D eigenvalue weighted by atomic mass is 32.2. The highest BCUT2D eigenvalue weighted by Crippen LogP contribution is 2.29. The standard InChI is InChI=1S/C26H35N5O5S2/c1-31(2)16-17-35-22-13-11-21(12-14-22)25-29-24(19-37-25)23(10-6-7-15-28-38(27,33)34)30-26(32)36-18-20-8-4-3-5-9-20/h3-5,8-9,11-14,19,23,28H,6-7,10,15-18H2,1-2H3,(H,30,32)(H2,27,33,34)/t23-/m0/s1. The van der Waals surface area contributed by atoms with Crippen molar-refractivity contribution in [1.82, 2.24) is 19.9 Å². The molecule has 0 aliphatic carbocycles. The number of carbonyl (C=O) groups is 1. The molecule has 3 rings (SSSR count). The number of aromatic nitrogens is 1. The Balaban J connectivity index is 1.63. The van der Waals surface area contributed by atoms with E-state index in [-0.39, 0.29) is 13.2 Å². The maximum atomic E-state index is 12.6. The van der Waals surface area contributed by atoms with E-state index in [2.05, 4.69) is 14.9 Å². The molecule has 0 spiro atoms. The highest BCUT2D eigenvalue weighted by molar-refractivity contribution is 7.87. The lowest BCUT2D eigenvalue weighted by molar-refractivity contribution is 0.134. The van der Waals surface area contributed by atoms with Gasteiger partial charge in [-0.05, 0) is 63.2 Å². The Bertz CT molecular complexity index is 1230. The maximum absolute atomic E-state index is 12.6. The Morgan fingerprint density at radius 2 is 1.84 bits per heavy atom. The van der Waals surface area contributed by atoms with E-state index in [4.69, 9.17) is 19.6 Å². The number of carbonyl (C=O) groups excluding carboxylic acids is 1. The van der Waals surface area contributed by atoms with Crippen LogP contribution < -0.4 is 19.9 Å². The van der Waals surface area contributed by atoms with E-state index in [1.54, 1.807) is 0 Å². The third-order valence-corrected chi connectivity index (χ3v) is 7.03. The van der Waals surface area contributed by atoms with Gasteiger partial charge >= 0.3 is 6.09 Å². The van der Waals surface area contributed by atoms with Crippen molar-refractivity contribution in [2.75, 3.05) is 33.8 Å². The van der Waals surface area contributed by atoms with E-state index in [1.807, 2.05) is 74.1 Å². The summed E-state index contributed by atoms with van der Waals surface area (Å²) >= 11 is 1.48. The van der Waals surface area contributed by atoms with Crippen molar-refractivity contribution in [1.29, 1.82) is 0 Å². The third-order valence-electron chi connectivity index (χ3n) is 5.52. The molecule has 2 aromatic carbocycles. The Morgan fingerprint density at radius 3 is 2.53 bits per heavy atom. The van der Waals surface area contributed by atoms with Gasteiger partial charge in [0, 0.05) is 24.0 Å². The number of rotatable bonds is 15. The number of nitrogens with two attached hydrogens (primary N) is 1. The van der Waals surface area contributed by atoms with Crippen LogP contribution in [0.25, 0.3) is 10.6 Å². The van der Waals surface area contributed by atoms with Crippen molar-refractivity contribution in [2.24, 2.45) is 5.14 Å². The maximum Gasteiger partial charge on any atom is 0.408 e. The minimum atomic E-state index is -3.73. The average molecular weight is 562 g/mol. The summed E-state index contributed by atoms with van der Waals surface area (Å²) in [5.41, 5.74) is 2.55. The Morgan fingerprint density at radius 1 is 1.11 bits per heavy atom. The first-order valence-corrected chi connectivity index (χ1v) is 14.7. The molecule has 3 aromatic rings. The van der Waals surface area contributed by atoms with Crippen molar-refractivity contribution in [3.8, 4) is 16.3 Å². The van der Waals surface area contributed by atoms with Crippen LogP contribution in [0.1, 0.15) is 36.6 Å². The number of alkyl carbamates (subject to hydrolysis) is 1. The molecule has 4 N–H and O–H groups in total. The number of likely N-dealkylation sites (N-methyl/N-ethyl adjacent to an activating group) is 1. The van der Waals surface area contributed by atoms with Gasteiger partial charge in [-0.2, -0.15) is 8.42 Å². The van der Waals surface area contributed by atoms with Gasteiger partial charge in [-0.25, -0.2) is 19.6 Å². The fourth-order valence-electron chi connectivity index (χ4n) is 3.51. The van der Waals surface area contributed by atoms with Gasteiger partial charge in [-0.1, -0.05) is 30.3 Å². The molecule has 0 radical (unpaired) electrons. The number of unbranched alkanes of at least 4 members (excludes halogenated alkanes) is 1. The molecule has 0 saturated carbocycles. The zero-order valence-electron chi connectivity index (χ0n) is 21.6. The first-order valence-electron chi connectivity index (χ1n) is 12.3. The van der Waals surface area contributed by atoms with Crippen molar-refractivity contribution in [3.63, 3.8) is 0 Å². The van der Waals surface area contributed by atoms with E-state index in [0.717, 1.165) is 28.4 Å². The van der Waals surface area contributed by atoms with Gasteiger partial charge in [0.15, 0.2) is 0 Å². The molecule has 0 unspecified atom stereocenters. The van der Waals surface area contributed by atoms with Crippen LogP contribution in [0, 0.1) is 0 Å². The predicted octanol–water partition coefficient (Wildman–Crippen LogP) is 3.68. The van der Waals surface area contributed by atoms with Crippen molar-refractivity contribution < 1.29 is 22.7 Å². The first-order chi connectivity index (χ1) is 18.2. The lowest BCUT2D eigenvalue weighted by Gasteiger charge is -2.17. The number of nitrogens with one attached hydrogen (secondary N) is 2. The van der Waals surface area contributed by atoms with Crippen LogP contribution in [0.2, 0.25) is 0 Å². The summed E-state index contributed by atoms with van der Waals surface area (Å²) in [7, 11) is 0.267. The minimum absolute atomic E-state index is 0.156. The predicted molar refractivity (Wildman–Crippen MR) is 149 cm³/mol. The van der Waals surface area contributed by atoms with Crippen LogP contribution in [0.3, 0.4) is 0 Å². The van der Waals surface area contributed by atoms with E-state index < -0.39 is 22.3 Å². The molecule has 1 amide bonds. The van der Waals surface area contributed by atoms with Gasteiger partial charge in [-0.15, -0.1) is 11.3 Å². The van der Waals surface area contributed by atoms with E-state index >= 15 is 0 Å². The lowest BCUT2D eigenvalue weighted by Crippen LogP contribution is -2.32. The minimum Gasteiger partial charge on any atom is -0.492 e. The molecular weight excluding hydrogens is 526 g/mol. The van der Waals surface area contributed by atoms with Crippen LogP contribution in [-0.2, 0) is 21.6 Å². The number of hydrogen-bond acceptors (Lipinski definition) is 8. The Hall–Kier alpha value is -3.03. The summed E-state index contributed by atoms with van der Waals surface area (Å²) in [6, 6.07) is 16.8. The molecule has 12 heteroatoms. The van der Waals surface area contributed by atoms with Gasteiger partial charge in [0.2, 0.25) is 0 Å². The summed E-state index contributed by atoms with van der Waals surface area (Å²) in [5, 5.41) is 10.6. The number of amides is 1. The molecule has 0 aliphatic rings. The molecule has 1 aromatic heterocycles. The second kappa shape index (κ2) is 14.8. The van der Waals surface area contributed by atoms with Gasteiger partial charge in [0.25, 0.3) is 10.2 Å². The van der Waals surface area contributed by atoms with Crippen molar-refractivity contribution in [2.45, 2.75) is 31.9 Å². The first kappa shape index (κ1) is 29.5. The number of hydrogen-bond donors (Lipinski definition) is 3. The van der Waals surface area contributed by atoms with Crippen LogP contribution >= 0.6 is 11.3 Å². The smallest absolute Gasteiger partial charge is 0.408 e. The lowest BCUT2D eigenvalue weighted by atomic mass is 10.1. The second-order valence-corrected chi connectivity index (χ2v) is 11.2. The van der Waals surface area contributed by atoms with Crippen molar-refractivity contribution >= 4 is 27.6 Å². The molecule has 0 saturated heterocycles. The van der Waals surface area contributed by atoms with Crippen LogP contribution in [-0.4, -0.2) is 58.2 Å². The second-order valence-electron chi connectivity index (χ2n) is 8.95. The van der Waals surface area contributed by atoms with E-state index in [9.17, 15) is 13.2 Å². The van der Waals surface area contributed by atoms with Crippen LogP contribution in [0.5, 0.6) is 5.75 Å². The highest BCUT2D eigenvalue weighted by Gasteiger charge is 2.19. The summed E-state index contributed by atoms with van der Waals surface area (Å²) in [5.74, 6) is 0.793. The van der Waals surface area contributed by atoms with Gasteiger partial charge in [-0.3, -0.25) is 0 Å². The van der Waals surface area contributed by atoms with E-state index in [0.29, 0.717) is 31.6 Å². The van der Waals surface area contributed by atoms with Gasteiger partial charge in [0.1, 0.15) is 24.0 Å². The molecule has 38 heavy (non-hydrogen) atoms. The fraction of sp³-hybridized carbons (Fsp3) is 0.385. The van der Waals surface area contributed by atoms with Crippen LogP contribution in [0.15, 0.2) is 60.0 Å². The number of nitrogens with zero attached hydrogens (tertiary/aromatic N) is 2. The molecule has 1 atom stereocenters. The molecule has 10 nitrogen and oxygen atoms in total. The molecule has 206 valence electrons. The monoisotopic (exact) mass is 561 g/mol. The molecule has 0 bridgehead atoms. The molecule has 0 aliphatic heterocycles. The normalized spacial score (nSPS) is 12.3. The molecular formula is C26H35N5O5S2. The largest absolute Gasteiger partial charge is 0.492 e. The summed E-state index contributed by atoms with van der Waals surface area (Å²) in [4.78, 5) is 19.4. The number of thiazole rings is 1. The molecule has 0 fully saturated rings. The third kappa shape index (κ3) is 10.8. The summed E-state index contributed by atoms with van der Waals surface area (Å²) in [6.07, 6.45) is 1.20. The van der Waals surface area contributed by atoms with Crippen LogP contribution in [0.4, 0.5) is 4.79 Å². The number of benzene rings is 2. The Kier molecular flexibility index (Phi) is 11.5. The SMILES string of the molecule is CN(C)CCOc1ccc(-c2nc([C@H](CCCCNS(N)(=O)=O)NC(=O)OCc3ccccc3)cs2)cc1. The zero-order valence-corrected chi connectivity index (χ0v) is 23.3. The number of ether oxygens (including phenoxy) is 2. The molecule has 1 heterocycles. The quantitative estimate of drug-likeness (QED) is 0.241. The van der Waals surface area contributed by atoms with Gasteiger partial charge < -0.3 is 19.7 Å². The van der Waals surface area contributed by atoms with E-state index in [1.165, 1.54) is 11.3 Å². The summed E-state index contributed by atoms with van der Waals surface area (Å²) in [6.45, 7) is 1.81.